The molecule has 0 saturated heterocycles. The topological polar surface area (TPSA) is 52.3 Å². The fraction of sp³-hybridized carbons (Fsp3) is 0.900. The van der Waals surface area contributed by atoms with Crippen molar-refractivity contribution in [3.8, 4) is 0 Å². The number of hydrogen-bond acceptors (Lipinski definition) is 3. The van der Waals surface area contributed by atoms with Crippen LogP contribution in [-0.4, -0.2) is 19.1 Å². The largest absolute Gasteiger partial charge is 0.469 e. The molecule has 0 amide bonds. The Labute approximate surface area is 80.6 Å². The Morgan fingerprint density at radius 2 is 2.00 bits per heavy atom. The summed E-state index contributed by atoms with van der Waals surface area (Å²) in [7, 11) is 1.39. The summed E-state index contributed by atoms with van der Waals surface area (Å²) in [4.78, 5) is 10.8. The molecule has 1 atom stereocenters. The van der Waals surface area contributed by atoms with Crippen molar-refractivity contribution in [1.29, 1.82) is 0 Å². The van der Waals surface area contributed by atoms with Gasteiger partial charge in [0.05, 0.1) is 13.5 Å². The van der Waals surface area contributed by atoms with E-state index in [2.05, 4.69) is 18.6 Å². The predicted molar refractivity (Wildman–Crippen MR) is 53.3 cm³/mol. The number of carbonyl (C=O) groups excluding carboxylic acids is 1. The van der Waals surface area contributed by atoms with Crippen LogP contribution in [0.4, 0.5) is 0 Å². The maximum absolute atomic E-state index is 10.8. The Morgan fingerprint density at radius 3 is 2.46 bits per heavy atom. The summed E-state index contributed by atoms with van der Waals surface area (Å²) >= 11 is 0. The smallest absolute Gasteiger partial charge is 0.307 e. The van der Waals surface area contributed by atoms with Crippen LogP contribution in [0.1, 0.15) is 39.5 Å². The van der Waals surface area contributed by atoms with Crippen molar-refractivity contribution < 1.29 is 9.53 Å². The molecule has 3 nitrogen and oxygen atoms in total. The molecular weight excluding hydrogens is 166 g/mol. The van der Waals surface area contributed by atoms with Crippen LogP contribution < -0.4 is 5.73 Å². The van der Waals surface area contributed by atoms with Gasteiger partial charge in [-0.2, -0.15) is 0 Å². The minimum absolute atomic E-state index is 0.0359. The number of carbonyl (C=O) groups is 1. The summed E-state index contributed by atoms with van der Waals surface area (Å²) in [6, 6.07) is -0.0359. The quantitative estimate of drug-likeness (QED) is 0.644. The van der Waals surface area contributed by atoms with Crippen molar-refractivity contribution >= 4 is 5.97 Å². The number of methoxy groups -OCH3 is 1. The van der Waals surface area contributed by atoms with Gasteiger partial charge in [0, 0.05) is 6.04 Å². The van der Waals surface area contributed by atoms with Gasteiger partial charge < -0.3 is 10.5 Å². The maximum atomic E-state index is 10.8. The van der Waals surface area contributed by atoms with E-state index in [0.29, 0.717) is 12.3 Å². The van der Waals surface area contributed by atoms with Gasteiger partial charge >= 0.3 is 5.97 Å². The highest BCUT2D eigenvalue weighted by atomic mass is 16.5. The average Bonchev–Trinajstić information content (AvgIpc) is 2.03. The molecule has 0 radical (unpaired) electrons. The minimum Gasteiger partial charge on any atom is -0.469 e. The van der Waals surface area contributed by atoms with Gasteiger partial charge in [0.2, 0.25) is 0 Å². The highest BCUT2D eigenvalue weighted by molar-refractivity contribution is 5.69. The van der Waals surface area contributed by atoms with Gasteiger partial charge in [-0.25, -0.2) is 0 Å². The van der Waals surface area contributed by atoms with Gasteiger partial charge in [0.25, 0.3) is 0 Å². The van der Waals surface area contributed by atoms with Gasteiger partial charge in [-0.05, 0) is 12.3 Å². The number of hydrogen-bond donors (Lipinski definition) is 1. The minimum atomic E-state index is -0.211. The van der Waals surface area contributed by atoms with Gasteiger partial charge in [0.1, 0.15) is 0 Å². The van der Waals surface area contributed by atoms with E-state index in [-0.39, 0.29) is 12.0 Å². The van der Waals surface area contributed by atoms with Crippen LogP contribution in [0.3, 0.4) is 0 Å². The summed E-state index contributed by atoms with van der Waals surface area (Å²) in [5.74, 6) is 0.502. The van der Waals surface area contributed by atoms with Crippen LogP contribution in [0.2, 0.25) is 0 Å². The molecule has 0 bridgehead atoms. The summed E-state index contributed by atoms with van der Waals surface area (Å²) < 4.78 is 4.53. The summed E-state index contributed by atoms with van der Waals surface area (Å²) in [5, 5.41) is 0. The third-order valence-electron chi connectivity index (χ3n) is 2.01. The predicted octanol–water partition coefficient (Wildman–Crippen LogP) is 1.70. The van der Waals surface area contributed by atoms with E-state index in [1.54, 1.807) is 0 Å². The van der Waals surface area contributed by atoms with E-state index in [4.69, 9.17) is 5.73 Å². The van der Waals surface area contributed by atoms with Crippen molar-refractivity contribution in [3.63, 3.8) is 0 Å². The van der Waals surface area contributed by atoms with Gasteiger partial charge in [0.15, 0.2) is 0 Å². The van der Waals surface area contributed by atoms with Crippen molar-refractivity contribution in [1.82, 2.24) is 0 Å². The van der Waals surface area contributed by atoms with Gasteiger partial charge in [-0.1, -0.05) is 26.7 Å². The maximum Gasteiger partial charge on any atom is 0.307 e. The van der Waals surface area contributed by atoms with Crippen LogP contribution in [0.25, 0.3) is 0 Å². The second-order valence-electron chi connectivity index (χ2n) is 3.87. The van der Waals surface area contributed by atoms with E-state index in [9.17, 15) is 4.79 Å². The second kappa shape index (κ2) is 6.89. The van der Waals surface area contributed by atoms with Crippen molar-refractivity contribution in [2.45, 2.75) is 45.6 Å². The summed E-state index contributed by atoms with van der Waals surface area (Å²) in [6.07, 6.45) is 3.52. The number of rotatable bonds is 6. The molecule has 0 spiro atoms. The molecule has 0 fully saturated rings. The lowest BCUT2D eigenvalue weighted by Crippen LogP contribution is -2.24. The fourth-order valence-electron chi connectivity index (χ4n) is 1.19. The van der Waals surface area contributed by atoms with Crippen molar-refractivity contribution in [2.75, 3.05) is 7.11 Å². The Balaban J connectivity index is 3.40. The van der Waals surface area contributed by atoms with E-state index >= 15 is 0 Å². The molecule has 13 heavy (non-hydrogen) atoms. The highest BCUT2D eigenvalue weighted by Gasteiger charge is 2.09. The molecule has 1 unspecified atom stereocenters. The fourth-order valence-corrected chi connectivity index (χ4v) is 1.19. The summed E-state index contributed by atoms with van der Waals surface area (Å²) in [6.45, 7) is 4.37. The molecule has 0 aromatic rings. The zero-order valence-electron chi connectivity index (χ0n) is 8.88. The molecule has 0 aromatic carbocycles. The highest BCUT2D eigenvalue weighted by Crippen LogP contribution is 2.09. The summed E-state index contributed by atoms with van der Waals surface area (Å²) in [5.41, 5.74) is 5.74. The Kier molecular flexibility index (Phi) is 6.59. The normalized spacial score (nSPS) is 13.0. The third kappa shape index (κ3) is 7.78. The average molecular weight is 187 g/mol. The molecule has 2 N–H and O–H groups in total. The number of esters is 1. The Hall–Kier alpha value is -0.570. The van der Waals surface area contributed by atoms with E-state index in [1.165, 1.54) is 13.5 Å². The first-order valence-electron chi connectivity index (χ1n) is 4.88. The second-order valence-corrected chi connectivity index (χ2v) is 3.87. The molecule has 0 saturated carbocycles. The van der Waals surface area contributed by atoms with Crippen LogP contribution in [0, 0.1) is 5.92 Å². The first kappa shape index (κ1) is 12.4. The van der Waals surface area contributed by atoms with Crippen molar-refractivity contribution in [2.24, 2.45) is 11.7 Å². The number of nitrogens with two attached hydrogens (primary N) is 1. The van der Waals surface area contributed by atoms with Crippen LogP contribution in [0.5, 0.6) is 0 Å². The first-order valence-corrected chi connectivity index (χ1v) is 4.88. The van der Waals surface area contributed by atoms with E-state index in [1.807, 2.05) is 0 Å². The van der Waals surface area contributed by atoms with Crippen molar-refractivity contribution in [3.05, 3.63) is 0 Å². The van der Waals surface area contributed by atoms with E-state index < -0.39 is 0 Å². The zero-order chi connectivity index (χ0) is 10.3. The molecule has 0 aliphatic rings. The zero-order valence-corrected chi connectivity index (χ0v) is 8.88. The Morgan fingerprint density at radius 1 is 1.38 bits per heavy atom. The van der Waals surface area contributed by atoms with Crippen LogP contribution >= 0.6 is 0 Å². The lowest BCUT2D eigenvalue weighted by atomic mass is 10.0. The molecule has 0 heterocycles. The van der Waals surface area contributed by atoms with Gasteiger partial charge in [-0.3, -0.25) is 4.79 Å². The number of ether oxygens (including phenoxy) is 1. The SMILES string of the molecule is COC(=O)CC(N)CCCC(C)C. The molecular formula is C10H21NO2. The van der Waals surface area contributed by atoms with Crippen LogP contribution in [-0.2, 0) is 9.53 Å². The molecule has 3 heteroatoms. The van der Waals surface area contributed by atoms with Gasteiger partial charge in [-0.15, -0.1) is 0 Å². The standard InChI is InChI=1S/C10H21NO2/c1-8(2)5-4-6-9(11)7-10(12)13-3/h8-9H,4-7,11H2,1-3H3. The van der Waals surface area contributed by atoms with Crippen LogP contribution in [0.15, 0.2) is 0 Å². The first-order chi connectivity index (χ1) is 6.06. The van der Waals surface area contributed by atoms with E-state index in [0.717, 1.165) is 12.8 Å². The molecule has 0 rings (SSSR count). The lowest BCUT2D eigenvalue weighted by molar-refractivity contribution is -0.141. The molecule has 0 aliphatic heterocycles. The monoisotopic (exact) mass is 187 g/mol. The molecule has 0 aliphatic carbocycles. The third-order valence-corrected chi connectivity index (χ3v) is 2.01. The lowest BCUT2D eigenvalue weighted by Gasteiger charge is -2.10. The molecule has 78 valence electrons. The Bertz CT molecular complexity index is 146. The molecule has 0 aromatic heterocycles.